The molecule has 31 heavy (non-hydrogen) atoms. The molecule has 3 N–H and O–H groups in total. The average molecular weight is 412 g/mol. The van der Waals surface area contributed by atoms with E-state index >= 15 is 0 Å². The lowest BCUT2D eigenvalue weighted by atomic mass is 9.96. The third-order valence-corrected chi connectivity index (χ3v) is 5.16. The molecule has 0 bridgehead atoms. The van der Waals surface area contributed by atoms with Crippen molar-refractivity contribution in [2.24, 2.45) is 5.73 Å². The van der Waals surface area contributed by atoms with Crippen LogP contribution >= 0.6 is 0 Å². The maximum atomic E-state index is 10.8. The van der Waals surface area contributed by atoms with Crippen LogP contribution in [0.2, 0.25) is 0 Å². The summed E-state index contributed by atoms with van der Waals surface area (Å²) in [6.07, 6.45) is 0.328. The van der Waals surface area contributed by atoms with E-state index in [1.54, 1.807) is 0 Å². The van der Waals surface area contributed by atoms with E-state index in [2.05, 4.69) is 40.6 Å². The van der Waals surface area contributed by atoms with Crippen molar-refractivity contribution >= 4 is 5.91 Å². The van der Waals surface area contributed by atoms with Crippen molar-refractivity contribution in [3.05, 3.63) is 83.9 Å². The fourth-order valence-corrected chi connectivity index (χ4v) is 3.46. The van der Waals surface area contributed by atoms with Gasteiger partial charge in [-0.05, 0) is 35.2 Å². The number of primary amides is 1. The van der Waals surface area contributed by atoms with Crippen LogP contribution in [0.3, 0.4) is 0 Å². The van der Waals surface area contributed by atoms with Crippen LogP contribution in [0.1, 0.15) is 17.5 Å². The molecule has 1 aromatic heterocycles. The number of hydrogen-bond donors (Lipinski definition) is 2. The van der Waals surface area contributed by atoms with Gasteiger partial charge in [0, 0.05) is 30.6 Å². The molecule has 1 heterocycles. The summed E-state index contributed by atoms with van der Waals surface area (Å²) in [6.45, 7) is 3.30. The second kappa shape index (κ2) is 9.36. The van der Waals surface area contributed by atoms with Gasteiger partial charge in [0.05, 0.1) is 0 Å². The van der Waals surface area contributed by atoms with Crippen molar-refractivity contribution in [3.8, 4) is 34.0 Å². The van der Waals surface area contributed by atoms with Crippen LogP contribution in [0.25, 0.3) is 34.0 Å². The molecule has 1 amide bonds. The lowest BCUT2D eigenvalue weighted by Crippen LogP contribution is -2.21. The molecule has 6 heteroatoms. The number of nitrogens with zero attached hydrogens (tertiary/aromatic N) is 2. The van der Waals surface area contributed by atoms with Crippen LogP contribution in [-0.2, 0) is 11.3 Å². The monoisotopic (exact) mass is 412 g/mol. The van der Waals surface area contributed by atoms with Crippen molar-refractivity contribution in [2.75, 3.05) is 6.54 Å². The Bertz CT molecular complexity index is 1170. The van der Waals surface area contributed by atoms with Crippen molar-refractivity contribution in [3.63, 3.8) is 0 Å². The predicted molar refractivity (Wildman–Crippen MR) is 121 cm³/mol. The van der Waals surface area contributed by atoms with Gasteiger partial charge < -0.3 is 15.6 Å². The summed E-state index contributed by atoms with van der Waals surface area (Å²) in [5.41, 5.74) is 11.5. The summed E-state index contributed by atoms with van der Waals surface area (Å²) >= 11 is 0. The van der Waals surface area contributed by atoms with Crippen molar-refractivity contribution in [1.82, 2.24) is 15.5 Å². The van der Waals surface area contributed by atoms with E-state index in [1.165, 1.54) is 0 Å². The molecule has 0 unspecified atom stereocenters. The topological polar surface area (TPSA) is 94.0 Å². The Morgan fingerprint density at radius 1 is 0.935 bits per heavy atom. The molecular weight excluding hydrogens is 388 g/mol. The van der Waals surface area contributed by atoms with Crippen molar-refractivity contribution < 1.29 is 9.32 Å². The van der Waals surface area contributed by atoms with E-state index in [0.29, 0.717) is 31.2 Å². The van der Waals surface area contributed by atoms with E-state index in [4.69, 9.17) is 10.3 Å². The van der Waals surface area contributed by atoms with Gasteiger partial charge in [-0.1, -0.05) is 71.9 Å². The number of nitrogens with two attached hydrogens (primary N) is 1. The summed E-state index contributed by atoms with van der Waals surface area (Å²) in [5, 5.41) is 7.37. The summed E-state index contributed by atoms with van der Waals surface area (Å²) < 4.78 is 5.59. The molecule has 0 spiro atoms. The van der Waals surface area contributed by atoms with Crippen LogP contribution < -0.4 is 11.1 Å². The second-order valence-corrected chi connectivity index (χ2v) is 7.36. The van der Waals surface area contributed by atoms with E-state index in [1.807, 2.05) is 54.6 Å². The highest BCUT2D eigenvalue weighted by Gasteiger charge is 2.15. The molecule has 0 fully saturated rings. The van der Waals surface area contributed by atoms with Crippen LogP contribution in [0, 0.1) is 6.92 Å². The molecule has 4 aromatic rings. The molecule has 0 saturated heterocycles. The zero-order valence-corrected chi connectivity index (χ0v) is 17.3. The van der Waals surface area contributed by atoms with Crippen molar-refractivity contribution in [1.29, 1.82) is 0 Å². The van der Waals surface area contributed by atoms with Crippen LogP contribution in [-0.4, -0.2) is 22.6 Å². The highest BCUT2D eigenvalue weighted by Crippen LogP contribution is 2.31. The molecule has 4 rings (SSSR count). The molecular formula is C25H24N4O2. The molecule has 6 nitrogen and oxygen atoms in total. The normalized spacial score (nSPS) is 10.9. The molecule has 3 aromatic carbocycles. The maximum Gasteiger partial charge on any atom is 0.258 e. The third kappa shape index (κ3) is 4.87. The quantitative estimate of drug-likeness (QED) is 0.420. The minimum Gasteiger partial charge on any atom is -0.370 e. The van der Waals surface area contributed by atoms with Gasteiger partial charge in [-0.25, -0.2) is 0 Å². The first-order valence-corrected chi connectivity index (χ1v) is 10.2. The van der Waals surface area contributed by atoms with Gasteiger partial charge in [-0.2, -0.15) is 4.98 Å². The Kier molecular flexibility index (Phi) is 6.19. The zero-order chi connectivity index (χ0) is 21.6. The summed E-state index contributed by atoms with van der Waals surface area (Å²) in [5.74, 6) is 0.746. The largest absolute Gasteiger partial charge is 0.370 e. The Hall–Kier alpha value is -3.77. The van der Waals surface area contributed by atoms with Crippen molar-refractivity contribution in [2.45, 2.75) is 19.9 Å². The smallest absolute Gasteiger partial charge is 0.258 e. The lowest BCUT2D eigenvalue weighted by molar-refractivity contribution is -0.117. The van der Waals surface area contributed by atoms with Gasteiger partial charge in [-0.15, -0.1) is 0 Å². The molecule has 0 saturated carbocycles. The Balaban J connectivity index is 1.51. The first-order valence-electron chi connectivity index (χ1n) is 10.2. The fourth-order valence-electron chi connectivity index (χ4n) is 3.46. The lowest BCUT2D eigenvalue weighted by Gasteiger charge is -2.08. The van der Waals surface area contributed by atoms with Gasteiger partial charge in [0.15, 0.2) is 0 Å². The molecule has 0 radical (unpaired) electrons. The fraction of sp³-hybridized carbons (Fsp3) is 0.160. The summed E-state index contributed by atoms with van der Waals surface area (Å²) in [6, 6.07) is 24.3. The van der Waals surface area contributed by atoms with E-state index in [9.17, 15) is 4.79 Å². The molecule has 156 valence electrons. The number of aromatic nitrogens is 2. The van der Waals surface area contributed by atoms with Gasteiger partial charge in [0.1, 0.15) is 0 Å². The molecule has 0 aliphatic carbocycles. The van der Waals surface area contributed by atoms with Gasteiger partial charge in [0.25, 0.3) is 5.89 Å². The first kappa shape index (κ1) is 20.5. The summed E-state index contributed by atoms with van der Waals surface area (Å²) in [7, 11) is 0. The average Bonchev–Trinajstić information content (AvgIpc) is 3.28. The van der Waals surface area contributed by atoms with Crippen LogP contribution in [0.5, 0.6) is 0 Å². The van der Waals surface area contributed by atoms with E-state index in [0.717, 1.165) is 33.4 Å². The highest BCUT2D eigenvalue weighted by atomic mass is 16.5. The third-order valence-electron chi connectivity index (χ3n) is 5.16. The molecule has 0 aliphatic heterocycles. The number of rotatable bonds is 8. The predicted octanol–water partition coefficient (Wildman–Crippen LogP) is 4.34. The number of carbonyl (C=O) groups is 1. The Morgan fingerprint density at radius 3 is 2.42 bits per heavy atom. The van der Waals surface area contributed by atoms with Gasteiger partial charge >= 0.3 is 0 Å². The maximum absolute atomic E-state index is 10.8. The zero-order valence-electron chi connectivity index (χ0n) is 17.3. The minimum atomic E-state index is -0.305. The van der Waals surface area contributed by atoms with Gasteiger partial charge in [0.2, 0.25) is 11.7 Å². The summed E-state index contributed by atoms with van der Waals surface area (Å²) in [4.78, 5) is 15.4. The van der Waals surface area contributed by atoms with E-state index in [-0.39, 0.29) is 5.91 Å². The number of benzene rings is 3. The molecule has 0 aliphatic rings. The van der Waals surface area contributed by atoms with E-state index < -0.39 is 0 Å². The Morgan fingerprint density at radius 2 is 1.68 bits per heavy atom. The molecule has 0 atom stereocenters. The standard InChI is InChI=1S/C25H24N4O2/c1-17-21(19-6-3-2-4-7-19)8-5-9-22(17)25-28-24(29-31-25)20-12-10-18(11-13-20)16-27-15-14-23(26)30/h2-13,27H,14-16H2,1H3,(H2,26,30). The minimum absolute atomic E-state index is 0.305. The van der Waals surface area contributed by atoms with Crippen LogP contribution in [0.15, 0.2) is 77.3 Å². The first-order chi connectivity index (χ1) is 15.1. The highest BCUT2D eigenvalue weighted by molar-refractivity contribution is 5.75. The second-order valence-electron chi connectivity index (χ2n) is 7.36. The SMILES string of the molecule is Cc1c(-c2ccccc2)cccc1-c1nc(-c2ccc(CNCCC(N)=O)cc2)no1. The number of amides is 1. The number of nitrogens with one attached hydrogen (secondary N) is 1. The van der Waals surface area contributed by atoms with Gasteiger partial charge in [-0.3, -0.25) is 4.79 Å². The number of hydrogen-bond acceptors (Lipinski definition) is 5. The van der Waals surface area contributed by atoms with Crippen LogP contribution in [0.4, 0.5) is 0 Å². The Labute approximate surface area is 181 Å². The number of carbonyl (C=O) groups excluding carboxylic acids is 1.